The largest absolute Gasteiger partial charge is 0.478 e. The van der Waals surface area contributed by atoms with Crippen molar-refractivity contribution in [1.29, 1.82) is 0 Å². The van der Waals surface area contributed by atoms with Crippen molar-refractivity contribution in [2.75, 3.05) is 0 Å². The molecule has 0 fully saturated rings. The molecule has 1 aromatic carbocycles. The Morgan fingerprint density at radius 2 is 2.00 bits per heavy atom. The van der Waals surface area contributed by atoms with Crippen LogP contribution in [0.1, 0.15) is 15.9 Å². The molecular weight excluding hydrogens is 297 g/mol. The van der Waals surface area contributed by atoms with Gasteiger partial charge in [-0.3, -0.25) is 0 Å². The van der Waals surface area contributed by atoms with Crippen LogP contribution in [-0.4, -0.2) is 21.0 Å². The zero-order chi connectivity index (χ0) is 14.9. The van der Waals surface area contributed by atoms with Gasteiger partial charge in [0.25, 0.3) is 0 Å². The van der Waals surface area contributed by atoms with E-state index < -0.39 is 17.7 Å². The second-order valence-corrected chi connectivity index (χ2v) is 4.14. The van der Waals surface area contributed by atoms with Crippen LogP contribution in [0, 0.1) is 0 Å². The highest BCUT2D eigenvalue weighted by atomic mass is 35.5. The number of hydrogen-bond acceptors (Lipinski definition) is 3. The average Bonchev–Trinajstić information content (AvgIpc) is 2.37. The van der Waals surface area contributed by atoms with Gasteiger partial charge in [-0.1, -0.05) is 23.7 Å². The van der Waals surface area contributed by atoms with Crippen molar-refractivity contribution in [3.05, 3.63) is 46.7 Å². The smallest absolute Gasteiger partial charge is 0.416 e. The molecule has 0 aliphatic carbocycles. The van der Waals surface area contributed by atoms with E-state index in [-0.39, 0.29) is 22.1 Å². The molecule has 2 rings (SSSR count). The molecule has 0 aliphatic heterocycles. The van der Waals surface area contributed by atoms with E-state index in [0.29, 0.717) is 0 Å². The molecule has 1 heterocycles. The van der Waals surface area contributed by atoms with Crippen LogP contribution < -0.4 is 0 Å². The molecule has 1 N–H and O–H groups in total. The summed E-state index contributed by atoms with van der Waals surface area (Å²) in [5.74, 6) is -1.39. The number of aromatic nitrogens is 2. The lowest BCUT2D eigenvalue weighted by Gasteiger charge is -2.08. The number of alkyl halides is 3. The lowest BCUT2D eigenvalue weighted by Crippen LogP contribution is -2.05. The zero-order valence-corrected chi connectivity index (χ0v) is 10.4. The molecule has 20 heavy (non-hydrogen) atoms. The van der Waals surface area contributed by atoms with E-state index in [1.807, 2.05) is 0 Å². The third kappa shape index (κ3) is 2.88. The van der Waals surface area contributed by atoms with Crippen LogP contribution in [-0.2, 0) is 6.18 Å². The quantitative estimate of drug-likeness (QED) is 0.862. The van der Waals surface area contributed by atoms with Gasteiger partial charge in [-0.2, -0.15) is 13.2 Å². The number of carbonyl (C=O) groups is 1. The minimum absolute atomic E-state index is 0.0777. The van der Waals surface area contributed by atoms with E-state index in [4.69, 9.17) is 16.7 Å². The van der Waals surface area contributed by atoms with E-state index in [2.05, 4.69) is 9.97 Å². The Labute approximate surface area is 115 Å². The van der Waals surface area contributed by atoms with Gasteiger partial charge >= 0.3 is 12.1 Å². The minimum atomic E-state index is -4.49. The highest BCUT2D eigenvalue weighted by Crippen LogP contribution is 2.31. The Balaban J connectivity index is 2.47. The van der Waals surface area contributed by atoms with Crippen molar-refractivity contribution in [2.45, 2.75) is 6.18 Å². The third-order valence-corrected chi connectivity index (χ3v) is 2.71. The molecule has 104 valence electrons. The van der Waals surface area contributed by atoms with Crippen molar-refractivity contribution < 1.29 is 23.1 Å². The Morgan fingerprint density at radius 1 is 1.30 bits per heavy atom. The van der Waals surface area contributed by atoms with Crippen LogP contribution in [0.25, 0.3) is 11.4 Å². The molecule has 0 radical (unpaired) electrons. The maximum Gasteiger partial charge on any atom is 0.416 e. The maximum absolute atomic E-state index is 12.6. The zero-order valence-electron chi connectivity index (χ0n) is 9.65. The summed E-state index contributed by atoms with van der Waals surface area (Å²) in [6.45, 7) is 0. The normalized spacial score (nSPS) is 11.4. The monoisotopic (exact) mass is 302 g/mol. The molecule has 0 bridgehead atoms. The highest BCUT2D eigenvalue weighted by molar-refractivity contribution is 6.32. The van der Waals surface area contributed by atoms with Crippen LogP contribution in [0.5, 0.6) is 0 Å². The summed E-state index contributed by atoms with van der Waals surface area (Å²) in [6.07, 6.45) is -3.53. The fraction of sp³-hybridized carbons (Fsp3) is 0.0833. The first-order chi connectivity index (χ1) is 9.29. The van der Waals surface area contributed by atoms with Crippen molar-refractivity contribution in [3.8, 4) is 11.4 Å². The topological polar surface area (TPSA) is 63.1 Å². The first-order valence-corrected chi connectivity index (χ1v) is 5.60. The van der Waals surface area contributed by atoms with Gasteiger partial charge < -0.3 is 5.11 Å². The summed E-state index contributed by atoms with van der Waals surface area (Å²) in [7, 11) is 0. The first kappa shape index (κ1) is 14.3. The number of nitrogens with zero attached hydrogens (tertiary/aromatic N) is 2. The molecule has 1 aromatic heterocycles. The standard InChI is InChI=1S/C12H6ClF3N2O2/c13-9-8(11(19)20)5-17-10(18-9)6-2-1-3-7(4-6)12(14,15)16/h1-5H,(H,19,20). The molecule has 0 atom stereocenters. The van der Waals surface area contributed by atoms with Crippen molar-refractivity contribution in [1.82, 2.24) is 9.97 Å². The van der Waals surface area contributed by atoms with Gasteiger partial charge in [-0.15, -0.1) is 0 Å². The molecule has 4 nitrogen and oxygen atoms in total. The Hall–Kier alpha value is -2.15. The number of benzene rings is 1. The van der Waals surface area contributed by atoms with Gasteiger partial charge in [-0.05, 0) is 12.1 Å². The summed E-state index contributed by atoms with van der Waals surface area (Å²) in [4.78, 5) is 18.1. The van der Waals surface area contributed by atoms with Crippen LogP contribution in [0.3, 0.4) is 0 Å². The van der Waals surface area contributed by atoms with Crippen LogP contribution in [0.15, 0.2) is 30.5 Å². The van der Waals surface area contributed by atoms with Crippen molar-refractivity contribution >= 4 is 17.6 Å². The number of halogens is 4. The third-order valence-electron chi connectivity index (χ3n) is 2.42. The van der Waals surface area contributed by atoms with Gasteiger partial charge in [0.2, 0.25) is 0 Å². The predicted octanol–water partition coefficient (Wildman–Crippen LogP) is 3.51. The van der Waals surface area contributed by atoms with E-state index >= 15 is 0 Å². The Kier molecular flexibility index (Phi) is 3.63. The number of hydrogen-bond donors (Lipinski definition) is 1. The van der Waals surface area contributed by atoms with E-state index in [1.54, 1.807) is 0 Å². The number of rotatable bonds is 2. The SMILES string of the molecule is O=C(O)c1cnc(-c2cccc(C(F)(F)F)c2)nc1Cl. The van der Waals surface area contributed by atoms with Crippen LogP contribution in [0.2, 0.25) is 5.15 Å². The fourth-order valence-corrected chi connectivity index (χ4v) is 1.69. The first-order valence-electron chi connectivity index (χ1n) is 5.22. The molecule has 0 saturated heterocycles. The second-order valence-electron chi connectivity index (χ2n) is 3.78. The predicted molar refractivity (Wildman–Crippen MR) is 64.4 cm³/mol. The fourth-order valence-electron chi connectivity index (χ4n) is 1.48. The Morgan fingerprint density at radius 3 is 2.55 bits per heavy atom. The molecule has 0 unspecified atom stereocenters. The summed E-state index contributed by atoms with van der Waals surface area (Å²) in [5, 5.41) is 8.43. The van der Waals surface area contributed by atoms with E-state index in [0.717, 1.165) is 18.3 Å². The lowest BCUT2D eigenvalue weighted by molar-refractivity contribution is -0.137. The average molecular weight is 303 g/mol. The molecule has 2 aromatic rings. The molecular formula is C12H6ClF3N2O2. The van der Waals surface area contributed by atoms with Gasteiger partial charge in [-0.25, -0.2) is 14.8 Å². The van der Waals surface area contributed by atoms with E-state index in [1.165, 1.54) is 12.1 Å². The molecule has 0 aliphatic rings. The molecule has 8 heteroatoms. The van der Waals surface area contributed by atoms with Gasteiger partial charge in [0.15, 0.2) is 5.82 Å². The van der Waals surface area contributed by atoms with Gasteiger partial charge in [0, 0.05) is 11.8 Å². The lowest BCUT2D eigenvalue weighted by atomic mass is 10.1. The van der Waals surface area contributed by atoms with Gasteiger partial charge in [0.05, 0.1) is 5.56 Å². The minimum Gasteiger partial charge on any atom is -0.478 e. The number of carboxylic acid groups (broad SMARTS) is 1. The maximum atomic E-state index is 12.6. The van der Waals surface area contributed by atoms with Crippen molar-refractivity contribution in [2.24, 2.45) is 0 Å². The van der Waals surface area contributed by atoms with E-state index in [9.17, 15) is 18.0 Å². The number of carboxylic acids is 1. The van der Waals surface area contributed by atoms with Gasteiger partial charge in [0.1, 0.15) is 10.7 Å². The summed E-state index contributed by atoms with van der Waals surface area (Å²) < 4.78 is 37.8. The van der Waals surface area contributed by atoms with Crippen molar-refractivity contribution in [3.63, 3.8) is 0 Å². The Bertz CT molecular complexity index is 674. The molecule has 0 amide bonds. The number of aromatic carboxylic acids is 1. The summed E-state index contributed by atoms with van der Waals surface area (Å²) in [5.41, 5.74) is -1.07. The second kappa shape index (κ2) is 5.09. The van der Waals surface area contributed by atoms with Crippen LogP contribution in [0.4, 0.5) is 13.2 Å². The summed E-state index contributed by atoms with van der Waals surface area (Å²) in [6, 6.07) is 4.37. The highest BCUT2D eigenvalue weighted by Gasteiger charge is 2.30. The molecule has 0 spiro atoms. The molecule has 0 saturated carbocycles. The van der Waals surface area contributed by atoms with Crippen LogP contribution >= 0.6 is 11.6 Å². The summed E-state index contributed by atoms with van der Waals surface area (Å²) >= 11 is 5.65.